The van der Waals surface area contributed by atoms with Crippen LogP contribution in [-0.4, -0.2) is 19.7 Å². The Labute approximate surface area is 94.2 Å². The summed E-state index contributed by atoms with van der Waals surface area (Å²) in [5.41, 5.74) is 0.853. The van der Waals surface area contributed by atoms with E-state index in [4.69, 9.17) is 9.47 Å². The van der Waals surface area contributed by atoms with E-state index >= 15 is 0 Å². The van der Waals surface area contributed by atoms with Gasteiger partial charge in [0.15, 0.2) is 11.6 Å². The second-order valence-electron chi connectivity index (χ2n) is 3.27. The Bertz CT molecular complexity index is 363. The Kier molecular flexibility index (Phi) is 4.76. The summed E-state index contributed by atoms with van der Waals surface area (Å²) in [5.74, 6) is -0.450. The van der Waals surface area contributed by atoms with E-state index in [-0.39, 0.29) is 11.7 Å². The lowest BCUT2D eigenvalue weighted by Crippen LogP contribution is -2.05. The average molecular weight is 226 g/mol. The van der Waals surface area contributed by atoms with Crippen LogP contribution in [0.5, 0.6) is 5.75 Å². The number of ether oxygens (including phenoxy) is 2. The van der Waals surface area contributed by atoms with Crippen LogP contribution in [0.25, 0.3) is 0 Å². The van der Waals surface area contributed by atoms with Crippen molar-refractivity contribution < 1.29 is 18.7 Å². The summed E-state index contributed by atoms with van der Waals surface area (Å²) in [6.07, 6.45) is 0.818. The van der Waals surface area contributed by atoms with Gasteiger partial charge < -0.3 is 9.47 Å². The molecule has 0 bridgehead atoms. The summed E-state index contributed by atoms with van der Waals surface area (Å²) < 4.78 is 22.7. The van der Waals surface area contributed by atoms with Crippen LogP contribution in [0.1, 0.15) is 18.9 Å². The SMILES string of the molecule is CCOC(=O)CCc1ccc(F)c(OC)c1. The molecule has 1 rings (SSSR count). The summed E-state index contributed by atoms with van der Waals surface area (Å²) in [5, 5.41) is 0. The summed E-state index contributed by atoms with van der Waals surface area (Å²) in [6, 6.07) is 4.56. The van der Waals surface area contributed by atoms with Crippen molar-refractivity contribution in [3.63, 3.8) is 0 Å². The first-order valence-corrected chi connectivity index (χ1v) is 5.15. The van der Waals surface area contributed by atoms with E-state index in [2.05, 4.69) is 0 Å². The molecule has 0 N–H and O–H groups in total. The van der Waals surface area contributed by atoms with Crippen LogP contribution in [0, 0.1) is 5.82 Å². The zero-order valence-corrected chi connectivity index (χ0v) is 9.46. The van der Waals surface area contributed by atoms with E-state index in [9.17, 15) is 9.18 Å². The third-order valence-corrected chi connectivity index (χ3v) is 2.14. The van der Waals surface area contributed by atoms with E-state index < -0.39 is 5.82 Å². The fourth-order valence-electron chi connectivity index (χ4n) is 1.34. The maximum atomic E-state index is 13.1. The molecule has 0 saturated carbocycles. The van der Waals surface area contributed by atoms with E-state index in [0.717, 1.165) is 5.56 Å². The zero-order chi connectivity index (χ0) is 12.0. The van der Waals surface area contributed by atoms with Crippen LogP contribution >= 0.6 is 0 Å². The summed E-state index contributed by atoms with van der Waals surface area (Å²) in [6.45, 7) is 2.14. The van der Waals surface area contributed by atoms with Crippen molar-refractivity contribution in [3.05, 3.63) is 29.6 Å². The molecule has 16 heavy (non-hydrogen) atoms. The molecule has 0 aromatic heterocycles. The Hall–Kier alpha value is -1.58. The highest BCUT2D eigenvalue weighted by Gasteiger charge is 2.06. The summed E-state index contributed by atoms with van der Waals surface area (Å²) in [4.78, 5) is 11.1. The standard InChI is InChI=1S/C12H15FO3/c1-3-16-12(14)7-5-9-4-6-10(13)11(8-9)15-2/h4,6,8H,3,5,7H2,1-2H3. The van der Waals surface area contributed by atoms with Crippen LogP contribution in [0.4, 0.5) is 4.39 Å². The molecule has 0 unspecified atom stereocenters. The van der Waals surface area contributed by atoms with Gasteiger partial charge in [0.25, 0.3) is 0 Å². The summed E-state index contributed by atoms with van der Waals surface area (Å²) >= 11 is 0. The highest BCUT2D eigenvalue weighted by Crippen LogP contribution is 2.19. The molecule has 88 valence electrons. The Morgan fingerprint density at radius 3 is 2.81 bits per heavy atom. The number of methoxy groups -OCH3 is 1. The van der Waals surface area contributed by atoms with Crippen molar-refractivity contribution in [3.8, 4) is 5.75 Å². The third-order valence-electron chi connectivity index (χ3n) is 2.14. The van der Waals surface area contributed by atoms with Gasteiger partial charge in [0, 0.05) is 6.42 Å². The topological polar surface area (TPSA) is 35.5 Å². The van der Waals surface area contributed by atoms with Gasteiger partial charge in [-0.15, -0.1) is 0 Å². The molecule has 0 saturated heterocycles. The van der Waals surface area contributed by atoms with E-state index in [1.54, 1.807) is 19.1 Å². The van der Waals surface area contributed by atoms with Crippen molar-refractivity contribution in [1.82, 2.24) is 0 Å². The lowest BCUT2D eigenvalue weighted by atomic mass is 10.1. The molecule has 0 spiro atoms. The van der Waals surface area contributed by atoms with Crippen molar-refractivity contribution >= 4 is 5.97 Å². The Morgan fingerprint density at radius 1 is 1.44 bits per heavy atom. The number of halogens is 1. The van der Waals surface area contributed by atoms with Gasteiger partial charge in [0.05, 0.1) is 13.7 Å². The molecule has 4 heteroatoms. The highest BCUT2D eigenvalue weighted by atomic mass is 19.1. The lowest BCUT2D eigenvalue weighted by molar-refractivity contribution is -0.143. The summed E-state index contributed by atoms with van der Waals surface area (Å²) in [7, 11) is 1.41. The monoisotopic (exact) mass is 226 g/mol. The number of carbonyl (C=O) groups excluding carboxylic acids is 1. The second kappa shape index (κ2) is 6.10. The molecule has 0 heterocycles. The predicted molar refractivity (Wildman–Crippen MR) is 57.9 cm³/mol. The number of hydrogen-bond acceptors (Lipinski definition) is 3. The van der Waals surface area contributed by atoms with Gasteiger partial charge in [0.2, 0.25) is 0 Å². The van der Waals surface area contributed by atoms with Crippen molar-refractivity contribution in [2.24, 2.45) is 0 Å². The molecular formula is C12H15FO3. The normalized spacial score (nSPS) is 9.94. The van der Waals surface area contributed by atoms with Crippen LogP contribution in [0.3, 0.4) is 0 Å². The molecule has 1 aromatic carbocycles. The van der Waals surface area contributed by atoms with Gasteiger partial charge in [0.1, 0.15) is 0 Å². The van der Waals surface area contributed by atoms with Crippen molar-refractivity contribution in [2.75, 3.05) is 13.7 Å². The minimum atomic E-state index is -0.401. The van der Waals surface area contributed by atoms with Crippen LogP contribution in [0.15, 0.2) is 18.2 Å². The predicted octanol–water partition coefficient (Wildman–Crippen LogP) is 2.33. The lowest BCUT2D eigenvalue weighted by Gasteiger charge is -2.05. The smallest absolute Gasteiger partial charge is 0.306 e. The number of aryl methyl sites for hydroxylation is 1. The molecule has 0 amide bonds. The first kappa shape index (κ1) is 12.5. The van der Waals surface area contributed by atoms with E-state index in [0.29, 0.717) is 19.4 Å². The van der Waals surface area contributed by atoms with Crippen LogP contribution in [0.2, 0.25) is 0 Å². The third kappa shape index (κ3) is 3.53. The van der Waals surface area contributed by atoms with Crippen molar-refractivity contribution in [1.29, 1.82) is 0 Å². The van der Waals surface area contributed by atoms with E-state index in [1.807, 2.05) is 0 Å². The Balaban J connectivity index is 2.57. The first-order chi connectivity index (χ1) is 7.67. The number of hydrogen-bond donors (Lipinski definition) is 0. The van der Waals surface area contributed by atoms with Crippen LogP contribution in [-0.2, 0) is 16.0 Å². The molecule has 0 radical (unpaired) electrons. The molecule has 1 aromatic rings. The maximum absolute atomic E-state index is 13.1. The van der Waals surface area contributed by atoms with Crippen molar-refractivity contribution in [2.45, 2.75) is 19.8 Å². The Morgan fingerprint density at radius 2 is 2.19 bits per heavy atom. The number of rotatable bonds is 5. The molecule has 0 atom stereocenters. The fourth-order valence-corrected chi connectivity index (χ4v) is 1.34. The maximum Gasteiger partial charge on any atom is 0.306 e. The number of carbonyl (C=O) groups is 1. The fraction of sp³-hybridized carbons (Fsp3) is 0.417. The molecule has 0 aliphatic rings. The van der Waals surface area contributed by atoms with Gasteiger partial charge in [-0.2, -0.15) is 0 Å². The van der Waals surface area contributed by atoms with Crippen LogP contribution < -0.4 is 4.74 Å². The van der Waals surface area contributed by atoms with Gasteiger partial charge in [-0.1, -0.05) is 6.07 Å². The largest absolute Gasteiger partial charge is 0.494 e. The minimum Gasteiger partial charge on any atom is -0.494 e. The molecule has 0 fully saturated rings. The van der Waals surface area contributed by atoms with Gasteiger partial charge in [-0.05, 0) is 31.0 Å². The first-order valence-electron chi connectivity index (χ1n) is 5.15. The molecule has 0 aliphatic carbocycles. The minimum absolute atomic E-state index is 0.196. The van der Waals surface area contributed by atoms with Gasteiger partial charge in [-0.3, -0.25) is 4.79 Å². The average Bonchev–Trinajstić information content (AvgIpc) is 2.28. The quantitative estimate of drug-likeness (QED) is 0.723. The second-order valence-corrected chi connectivity index (χ2v) is 3.27. The highest BCUT2D eigenvalue weighted by molar-refractivity contribution is 5.69. The molecule has 3 nitrogen and oxygen atoms in total. The number of esters is 1. The molecule has 0 aliphatic heterocycles. The van der Waals surface area contributed by atoms with E-state index in [1.165, 1.54) is 13.2 Å². The van der Waals surface area contributed by atoms with Gasteiger partial charge >= 0.3 is 5.97 Å². The number of benzene rings is 1. The molecular weight excluding hydrogens is 211 g/mol. The zero-order valence-electron chi connectivity index (χ0n) is 9.46. The van der Waals surface area contributed by atoms with Gasteiger partial charge in [-0.25, -0.2) is 4.39 Å².